The number of imide groups is 1. The molecule has 1 heterocycles. The molecule has 3 rings (SSSR count). The molecule has 1 aliphatic rings. The maximum Gasteiger partial charge on any atom is 0.269 e. The van der Waals surface area contributed by atoms with Gasteiger partial charge in [-0.15, -0.1) is 0 Å². The monoisotopic (exact) mass is 338 g/mol. The summed E-state index contributed by atoms with van der Waals surface area (Å²) in [6, 6.07) is 13.4. The number of aryl methyl sites for hydroxylation is 1. The lowest BCUT2D eigenvalue weighted by atomic mass is 9.90. The Hall–Kier alpha value is -3.02. The van der Waals surface area contributed by atoms with E-state index in [-0.39, 0.29) is 17.5 Å². The number of benzene rings is 2. The Labute approximate surface area is 145 Å². The molecule has 0 unspecified atom stereocenters. The first-order chi connectivity index (χ1) is 11.9. The summed E-state index contributed by atoms with van der Waals surface area (Å²) in [5.41, 5.74) is 2.44. The lowest BCUT2D eigenvalue weighted by Crippen LogP contribution is -2.31. The quantitative estimate of drug-likeness (QED) is 0.487. The summed E-state index contributed by atoms with van der Waals surface area (Å²) in [6.45, 7) is 3.75. The van der Waals surface area contributed by atoms with Gasteiger partial charge < -0.3 is 0 Å². The van der Waals surface area contributed by atoms with Crippen molar-refractivity contribution < 1.29 is 14.5 Å². The summed E-state index contributed by atoms with van der Waals surface area (Å²) in [5.74, 6) is -1.38. The average molecular weight is 338 g/mol. The molecular weight excluding hydrogens is 320 g/mol. The molecule has 0 aliphatic carbocycles. The number of amides is 2. The number of hydrogen-bond acceptors (Lipinski definition) is 4. The Morgan fingerprint density at radius 3 is 2.16 bits per heavy atom. The van der Waals surface area contributed by atoms with Gasteiger partial charge in [0.2, 0.25) is 11.8 Å². The molecule has 25 heavy (non-hydrogen) atoms. The van der Waals surface area contributed by atoms with Crippen LogP contribution >= 0.6 is 0 Å². The zero-order chi connectivity index (χ0) is 18.1. The van der Waals surface area contributed by atoms with Gasteiger partial charge in [-0.2, -0.15) is 0 Å². The van der Waals surface area contributed by atoms with Crippen LogP contribution < -0.4 is 4.90 Å². The van der Waals surface area contributed by atoms with Gasteiger partial charge in [-0.3, -0.25) is 24.6 Å². The van der Waals surface area contributed by atoms with E-state index in [0.717, 1.165) is 16.0 Å². The van der Waals surface area contributed by atoms with Crippen molar-refractivity contribution in [2.45, 2.75) is 20.3 Å². The zero-order valence-corrected chi connectivity index (χ0v) is 14.0. The van der Waals surface area contributed by atoms with Gasteiger partial charge in [-0.1, -0.05) is 36.8 Å². The fraction of sp³-hybridized carbons (Fsp3) is 0.263. The van der Waals surface area contributed by atoms with E-state index in [0.29, 0.717) is 12.1 Å². The second-order valence-corrected chi connectivity index (χ2v) is 6.37. The number of rotatable bonds is 4. The van der Waals surface area contributed by atoms with Crippen molar-refractivity contribution in [3.05, 3.63) is 69.8 Å². The smallest absolute Gasteiger partial charge is 0.269 e. The molecular formula is C19H18N2O4. The van der Waals surface area contributed by atoms with Crippen LogP contribution in [0.25, 0.3) is 0 Å². The largest absolute Gasteiger partial charge is 0.274 e. The van der Waals surface area contributed by atoms with Crippen molar-refractivity contribution in [2.75, 3.05) is 4.90 Å². The van der Waals surface area contributed by atoms with E-state index in [9.17, 15) is 19.7 Å². The highest BCUT2D eigenvalue weighted by Gasteiger charge is 2.45. The Bertz CT molecular complexity index is 828. The molecule has 1 aliphatic heterocycles. The minimum Gasteiger partial charge on any atom is -0.274 e. The molecule has 128 valence electrons. The van der Waals surface area contributed by atoms with Crippen LogP contribution in [0.2, 0.25) is 0 Å². The molecule has 1 fully saturated rings. The fourth-order valence-electron chi connectivity index (χ4n) is 3.08. The van der Waals surface area contributed by atoms with Gasteiger partial charge in [0, 0.05) is 18.1 Å². The third-order valence-corrected chi connectivity index (χ3v) is 4.65. The number of hydrogen-bond donors (Lipinski definition) is 0. The third kappa shape index (κ3) is 3.15. The number of anilines is 1. The Balaban J connectivity index is 1.84. The minimum atomic E-state index is -0.514. The van der Waals surface area contributed by atoms with Crippen molar-refractivity contribution in [2.24, 2.45) is 11.8 Å². The van der Waals surface area contributed by atoms with Crippen molar-refractivity contribution >= 4 is 23.2 Å². The zero-order valence-electron chi connectivity index (χ0n) is 14.0. The number of nitrogens with zero attached hydrogens (tertiary/aromatic N) is 2. The number of nitro benzene ring substituents is 1. The highest BCUT2D eigenvalue weighted by Crippen LogP contribution is 2.33. The van der Waals surface area contributed by atoms with E-state index in [1.807, 2.05) is 31.2 Å². The fourth-order valence-corrected chi connectivity index (χ4v) is 3.08. The first-order valence-electron chi connectivity index (χ1n) is 8.06. The van der Waals surface area contributed by atoms with Gasteiger partial charge in [0.05, 0.1) is 16.5 Å². The van der Waals surface area contributed by atoms with E-state index >= 15 is 0 Å². The molecule has 0 bridgehead atoms. The highest BCUT2D eigenvalue weighted by atomic mass is 16.6. The van der Waals surface area contributed by atoms with E-state index in [2.05, 4.69) is 0 Å². The van der Waals surface area contributed by atoms with Crippen LogP contribution in [0, 0.1) is 28.9 Å². The predicted molar refractivity (Wildman–Crippen MR) is 93.1 cm³/mol. The third-order valence-electron chi connectivity index (χ3n) is 4.65. The molecule has 1 saturated heterocycles. The normalized spacial score (nSPS) is 20.2. The first-order valence-corrected chi connectivity index (χ1v) is 8.06. The summed E-state index contributed by atoms with van der Waals surface area (Å²) >= 11 is 0. The highest BCUT2D eigenvalue weighted by molar-refractivity contribution is 6.22. The minimum absolute atomic E-state index is 0.0768. The second-order valence-electron chi connectivity index (χ2n) is 6.37. The van der Waals surface area contributed by atoms with Gasteiger partial charge >= 0.3 is 0 Å². The maximum atomic E-state index is 12.8. The summed E-state index contributed by atoms with van der Waals surface area (Å²) in [7, 11) is 0. The molecule has 2 amide bonds. The molecule has 6 nitrogen and oxygen atoms in total. The number of carbonyl (C=O) groups is 2. The lowest BCUT2D eigenvalue weighted by molar-refractivity contribution is -0.384. The molecule has 2 atom stereocenters. The average Bonchev–Trinajstić information content (AvgIpc) is 2.80. The summed E-state index contributed by atoms with van der Waals surface area (Å²) < 4.78 is 0. The van der Waals surface area contributed by atoms with E-state index in [1.54, 1.807) is 6.92 Å². The number of non-ortho nitro benzene ring substituents is 1. The van der Waals surface area contributed by atoms with Crippen LogP contribution in [0.3, 0.4) is 0 Å². The van der Waals surface area contributed by atoms with Gasteiger partial charge in [0.25, 0.3) is 5.69 Å². The Kier molecular flexibility index (Phi) is 4.35. The van der Waals surface area contributed by atoms with Crippen molar-refractivity contribution in [1.29, 1.82) is 0 Å². The SMILES string of the molecule is Cc1ccc(C[C@H]2C(=O)N(c3ccc([N+](=O)[O-])cc3)C(=O)[C@H]2C)cc1. The molecule has 2 aromatic carbocycles. The van der Waals surface area contributed by atoms with Gasteiger partial charge in [-0.25, -0.2) is 0 Å². The van der Waals surface area contributed by atoms with Crippen molar-refractivity contribution in [3.63, 3.8) is 0 Å². The van der Waals surface area contributed by atoms with E-state index in [1.165, 1.54) is 24.3 Å². The van der Waals surface area contributed by atoms with Crippen LogP contribution in [-0.4, -0.2) is 16.7 Å². The van der Waals surface area contributed by atoms with Crippen LogP contribution in [0.1, 0.15) is 18.1 Å². The topological polar surface area (TPSA) is 80.5 Å². The van der Waals surface area contributed by atoms with Gasteiger partial charge in [-0.05, 0) is 31.0 Å². The van der Waals surface area contributed by atoms with Crippen LogP contribution in [0.5, 0.6) is 0 Å². The molecule has 0 radical (unpaired) electrons. The van der Waals surface area contributed by atoms with Crippen LogP contribution in [0.4, 0.5) is 11.4 Å². The standard InChI is InChI=1S/C19H18N2O4/c1-12-3-5-14(6-4-12)11-17-13(2)18(22)20(19(17)23)15-7-9-16(10-8-15)21(24)25/h3-10,13,17H,11H2,1-2H3/t13-,17+/m0/s1. The Morgan fingerprint density at radius 1 is 1.00 bits per heavy atom. The van der Waals surface area contributed by atoms with E-state index in [4.69, 9.17) is 0 Å². The first kappa shape index (κ1) is 16.8. The number of nitro groups is 1. The van der Waals surface area contributed by atoms with Gasteiger partial charge in [0.15, 0.2) is 0 Å². The van der Waals surface area contributed by atoms with Gasteiger partial charge in [0.1, 0.15) is 0 Å². The maximum absolute atomic E-state index is 12.8. The number of carbonyl (C=O) groups excluding carboxylic acids is 2. The lowest BCUT2D eigenvalue weighted by Gasteiger charge is -2.15. The van der Waals surface area contributed by atoms with E-state index < -0.39 is 16.8 Å². The van der Waals surface area contributed by atoms with Crippen molar-refractivity contribution in [3.8, 4) is 0 Å². The Morgan fingerprint density at radius 2 is 1.60 bits per heavy atom. The summed E-state index contributed by atoms with van der Waals surface area (Å²) in [5, 5.41) is 10.8. The molecule has 2 aromatic rings. The molecule has 0 aromatic heterocycles. The summed E-state index contributed by atoms with van der Waals surface area (Å²) in [4.78, 5) is 36.7. The second kappa shape index (κ2) is 6.47. The predicted octanol–water partition coefficient (Wildman–Crippen LogP) is 3.27. The molecule has 0 N–H and O–H groups in total. The molecule has 6 heteroatoms. The summed E-state index contributed by atoms with van der Waals surface area (Å²) in [6.07, 6.45) is 0.496. The molecule has 0 saturated carbocycles. The van der Waals surface area contributed by atoms with Crippen LogP contribution in [-0.2, 0) is 16.0 Å². The van der Waals surface area contributed by atoms with Crippen molar-refractivity contribution in [1.82, 2.24) is 0 Å². The van der Waals surface area contributed by atoms with Crippen LogP contribution in [0.15, 0.2) is 48.5 Å². The molecule has 0 spiro atoms.